The Morgan fingerprint density at radius 3 is 2.60 bits per heavy atom. The van der Waals surface area contributed by atoms with Gasteiger partial charge in [-0.25, -0.2) is 0 Å². The quantitative estimate of drug-likeness (QED) is 0.908. The van der Waals surface area contributed by atoms with Gasteiger partial charge in [0.1, 0.15) is 23.2 Å². The van der Waals surface area contributed by atoms with Crippen molar-refractivity contribution in [3.05, 3.63) is 82.3 Å². The average Bonchev–Trinajstić information content (AvgIpc) is 2.67. The highest BCUT2D eigenvalue weighted by atomic mass is 16.5. The second-order valence-electron chi connectivity index (χ2n) is 6.21. The maximum absolute atomic E-state index is 9.66. The summed E-state index contributed by atoms with van der Waals surface area (Å²) in [5.41, 5.74) is 11.1. The molecule has 0 fully saturated rings. The number of allylic oxidation sites excluding steroid dienone is 2. The van der Waals surface area contributed by atoms with Crippen LogP contribution in [0.1, 0.15) is 29.0 Å². The molecule has 2 aromatic carbocycles. The van der Waals surface area contributed by atoms with Crippen molar-refractivity contribution in [2.75, 3.05) is 7.11 Å². The van der Waals surface area contributed by atoms with Crippen molar-refractivity contribution in [1.29, 1.82) is 5.26 Å². The van der Waals surface area contributed by atoms with E-state index in [2.05, 4.69) is 18.2 Å². The molecule has 0 saturated carbocycles. The number of ether oxygens (including phenoxy) is 2. The van der Waals surface area contributed by atoms with Crippen LogP contribution in [0.4, 0.5) is 0 Å². The first-order valence-corrected chi connectivity index (χ1v) is 8.25. The third-order valence-corrected chi connectivity index (χ3v) is 4.90. The van der Waals surface area contributed by atoms with Crippen LogP contribution >= 0.6 is 0 Å². The van der Waals surface area contributed by atoms with Crippen molar-refractivity contribution >= 4 is 5.76 Å². The number of hydrogen-bond acceptors (Lipinski definition) is 4. The third kappa shape index (κ3) is 2.45. The normalized spacial score (nSPS) is 18.8. The van der Waals surface area contributed by atoms with Gasteiger partial charge in [-0.2, -0.15) is 5.26 Å². The smallest absolute Gasteiger partial charge is 0.205 e. The largest absolute Gasteiger partial charge is 0.497 e. The summed E-state index contributed by atoms with van der Waals surface area (Å²) in [4.78, 5) is 0. The number of aryl methyl sites for hydroxylation is 1. The van der Waals surface area contributed by atoms with Crippen LogP contribution in [0, 0.1) is 11.3 Å². The Morgan fingerprint density at radius 1 is 1.12 bits per heavy atom. The van der Waals surface area contributed by atoms with Gasteiger partial charge in [-0.15, -0.1) is 0 Å². The second kappa shape index (κ2) is 6.03. The maximum atomic E-state index is 9.66. The molecule has 1 aliphatic carbocycles. The molecule has 1 heterocycles. The molecule has 124 valence electrons. The van der Waals surface area contributed by atoms with Gasteiger partial charge >= 0.3 is 0 Å². The Balaban J connectivity index is 1.88. The van der Waals surface area contributed by atoms with Crippen molar-refractivity contribution < 1.29 is 9.47 Å². The molecular weight excluding hydrogens is 312 g/mol. The molecule has 0 spiro atoms. The van der Waals surface area contributed by atoms with Crippen molar-refractivity contribution in [2.45, 2.75) is 18.8 Å². The first-order valence-electron chi connectivity index (χ1n) is 8.25. The van der Waals surface area contributed by atoms with E-state index in [0.29, 0.717) is 5.57 Å². The third-order valence-electron chi connectivity index (χ3n) is 4.90. The van der Waals surface area contributed by atoms with Crippen LogP contribution in [0.15, 0.2) is 65.6 Å². The minimum Gasteiger partial charge on any atom is -0.497 e. The van der Waals surface area contributed by atoms with E-state index in [0.717, 1.165) is 41.1 Å². The molecular formula is C21H18N2O2. The van der Waals surface area contributed by atoms with Crippen LogP contribution in [0.2, 0.25) is 0 Å². The van der Waals surface area contributed by atoms with Gasteiger partial charge in [-0.05, 0) is 41.7 Å². The van der Waals surface area contributed by atoms with E-state index >= 15 is 0 Å². The molecule has 0 unspecified atom stereocenters. The molecule has 1 atom stereocenters. The molecule has 2 aliphatic rings. The number of hydrogen-bond donors (Lipinski definition) is 1. The summed E-state index contributed by atoms with van der Waals surface area (Å²) >= 11 is 0. The number of benzene rings is 2. The number of nitrogens with two attached hydrogens (primary N) is 1. The van der Waals surface area contributed by atoms with Gasteiger partial charge < -0.3 is 15.2 Å². The lowest BCUT2D eigenvalue weighted by Crippen LogP contribution is -2.23. The zero-order valence-corrected chi connectivity index (χ0v) is 14.0. The molecule has 2 aromatic rings. The standard InChI is InChI=1S/C21H18N2O2/c1-24-15-9-6-14(7-10-15)19-17-11-8-13-4-2-3-5-16(13)20(17)25-21(23)18(19)12-22/h2-7,9-10,19H,8,11,23H2,1H3/t19-/m0/s1. The molecule has 0 aromatic heterocycles. The van der Waals surface area contributed by atoms with E-state index in [1.54, 1.807) is 7.11 Å². The highest BCUT2D eigenvalue weighted by molar-refractivity contribution is 5.74. The van der Waals surface area contributed by atoms with Gasteiger partial charge in [-0.1, -0.05) is 36.4 Å². The number of nitriles is 1. The molecule has 4 heteroatoms. The summed E-state index contributed by atoms with van der Waals surface area (Å²) in [6, 6.07) is 18.3. The molecule has 25 heavy (non-hydrogen) atoms. The van der Waals surface area contributed by atoms with E-state index in [4.69, 9.17) is 15.2 Å². The van der Waals surface area contributed by atoms with E-state index in [1.807, 2.05) is 36.4 Å². The Hall–Kier alpha value is -3.19. The topological polar surface area (TPSA) is 68.3 Å². The molecule has 0 bridgehead atoms. The number of rotatable bonds is 2. The first kappa shape index (κ1) is 15.3. The summed E-state index contributed by atoms with van der Waals surface area (Å²) in [6.45, 7) is 0. The first-order chi connectivity index (χ1) is 12.2. The van der Waals surface area contributed by atoms with E-state index in [9.17, 15) is 5.26 Å². The summed E-state index contributed by atoms with van der Waals surface area (Å²) in [5.74, 6) is 1.61. The Bertz CT molecular complexity index is 933. The van der Waals surface area contributed by atoms with Crippen molar-refractivity contribution in [2.24, 2.45) is 5.73 Å². The zero-order chi connectivity index (χ0) is 17.4. The van der Waals surface area contributed by atoms with Gasteiger partial charge in [0, 0.05) is 11.5 Å². The lowest BCUT2D eigenvalue weighted by Gasteiger charge is -2.33. The van der Waals surface area contributed by atoms with Crippen molar-refractivity contribution in [3.63, 3.8) is 0 Å². The van der Waals surface area contributed by atoms with Gasteiger partial charge in [0.15, 0.2) is 0 Å². The van der Waals surface area contributed by atoms with Crippen LogP contribution in [0.3, 0.4) is 0 Å². The number of nitrogens with zero attached hydrogens (tertiary/aromatic N) is 1. The van der Waals surface area contributed by atoms with Crippen LogP contribution in [-0.2, 0) is 11.2 Å². The molecule has 2 N–H and O–H groups in total. The second-order valence-corrected chi connectivity index (χ2v) is 6.21. The molecule has 1 aliphatic heterocycles. The summed E-state index contributed by atoms with van der Waals surface area (Å²) in [7, 11) is 1.64. The van der Waals surface area contributed by atoms with E-state index < -0.39 is 0 Å². The summed E-state index contributed by atoms with van der Waals surface area (Å²) in [5, 5.41) is 9.66. The van der Waals surface area contributed by atoms with E-state index in [1.165, 1.54) is 5.56 Å². The fourth-order valence-corrected chi connectivity index (χ4v) is 3.68. The zero-order valence-electron chi connectivity index (χ0n) is 14.0. The number of fused-ring (bicyclic) bond motifs is 2. The van der Waals surface area contributed by atoms with Crippen molar-refractivity contribution in [1.82, 2.24) is 0 Å². The van der Waals surface area contributed by atoms with Gasteiger partial charge in [0.05, 0.1) is 7.11 Å². The molecule has 0 saturated heterocycles. The maximum Gasteiger partial charge on any atom is 0.205 e. The van der Waals surface area contributed by atoms with Crippen LogP contribution < -0.4 is 10.5 Å². The lowest BCUT2D eigenvalue weighted by molar-refractivity contribution is 0.349. The monoisotopic (exact) mass is 330 g/mol. The predicted molar refractivity (Wildman–Crippen MR) is 95.3 cm³/mol. The SMILES string of the molecule is COc1ccc([C@@H]2C(C#N)=C(N)OC3=C2CCc2ccccc23)cc1. The highest BCUT2D eigenvalue weighted by Gasteiger charge is 2.35. The fourth-order valence-electron chi connectivity index (χ4n) is 3.68. The minimum atomic E-state index is -0.173. The Labute approximate surface area is 146 Å². The summed E-state index contributed by atoms with van der Waals surface area (Å²) in [6.07, 6.45) is 1.78. The van der Waals surface area contributed by atoms with Crippen LogP contribution in [-0.4, -0.2) is 7.11 Å². The van der Waals surface area contributed by atoms with Gasteiger partial charge in [-0.3, -0.25) is 0 Å². The van der Waals surface area contributed by atoms with Crippen molar-refractivity contribution in [3.8, 4) is 11.8 Å². The van der Waals surface area contributed by atoms with Gasteiger partial charge in [0.25, 0.3) is 0 Å². The molecule has 0 radical (unpaired) electrons. The Morgan fingerprint density at radius 2 is 1.88 bits per heavy atom. The fraction of sp³-hybridized carbons (Fsp3) is 0.190. The Kier molecular flexibility index (Phi) is 3.70. The average molecular weight is 330 g/mol. The van der Waals surface area contributed by atoms with Crippen LogP contribution in [0.25, 0.3) is 5.76 Å². The summed E-state index contributed by atoms with van der Waals surface area (Å²) < 4.78 is 11.2. The van der Waals surface area contributed by atoms with Crippen LogP contribution in [0.5, 0.6) is 5.75 Å². The van der Waals surface area contributed by atoms with Gasteiger partial charge in [0.2, 0.25) is 5.88 Å². The highest BCUT2D eigenvalue weighted by Crippen LogP contribution is 2.47. The molecule has 4 rings (SSSR count). The predicted octanol–water partition coefficient (Wildman–Crippen LogP) is 3.86. The molecule has 4 nitrogen and oxygen atoms in total. The molecule has 0 amide bonds. The van der Waals surface area contributed by atoms with E-state index in [-0.39, 0.29) is 11.8 Å². The number of methoxy groups -OCH3 is 1. The lowest BCUT2D eigenvalue weighted by atomic mass is 9.76. The minimum absolute atomic E-state index is 0.173.